The van der Waals surface area contributed by atoms with Gasteiger partial charge >= 0.3 is 6.03 Å². The maximum absolute atomic E-state index is 10.9. The fraction of sp³-hybridized carbons (Fsp3) is 0.889. The predicted octanol–water partition coefficient (Wildman–Crippen LogP) is 1.13. The number of rotatable bonds is 1. The highest BCUT2D eigenvalue weighted by molar-refractivity contribution is 5.73. The Morgan fingerprint density at radius 3 is 2.77 bits per heavy atom. The lowest BCUT2D eigenvalue weighted by molar-refractivity contribution is 0.192. The average Bonchev–Trinajstić information content (AvgIpc) is 2.02. The van der Waals surface area contributed by atoms with Crippen molar-refractivity contribution in [2.75, 3.05) is 0 Å². The molecule has 0 aromatic carbocycles. The third-order valence-electron chi connectivity index (χ3n) is 2.67. The Bertz CT molecular complexity index is 191. The number of hydrogen-bond acceptors (Lipinski definition) is 2. The van der Waals surface area contributed by atoms with Gasteiger partial charge in [-0.15, -0.1) is 0 Å². The van der Waals surface area contributed by atoms with Crippen molar-refractivity contribution in [3.8, 4) is 0 Å². The summed E-state index contributed by atoms with van der Waals surface area (Å²) in [5.74, 6) is 4.99. The zero-order chi connectivity index (χ0) is 9.90. The van der Waals surface area contributed by atoms with Crippen LogP contribution in [-0.2, 0) is 0 Å². The van der Waals surface area contributed by atoms with Crippen molar-refractivity contribution in [2.45, 2.75) is 45.6 Å². The smallest absolute Gasteiger partial charge is 0.329 e. The Morgan fingerprint density at radius 1 is 1.54 bits per heavy atom. The molecule has 13 heavy (non-hydrogen) atoms. The van der Waals surface area contributed by atoms with Crippen molar-refractivity contribution in [3.05, 3.63) is 0 Å². The molecule has 1 aliphatic carbocycles. The Balaban J connectivity index is 2.39. The molecule has 2 amide bonds. The molecular formula is C9H19N3O. The number of amides is 2. The maximum atomic E-state index is 10.9. The van der Waals surface area contributed by atoms with Crippen molar-refractivity contribution < 1.29 is 4.79 Å². The molecule has 4 nitrogen and oxygen atoms in total. The normalized spacial score (nSPS) is 26.5. The summed E-state index contributed by atoms with van der Waals surface area (Å²) in [4.78, 5) is 10.9. The van der Waals surface area contributed by atoms with Crippen LogP contribution in [0, 0.1) is 5.41 Å². The highest BCUT2D eigenvalue weighted by Crippen LogP contribution is 2.34. The Kier molecular flexibility index (Phi) is 3.14. The van der Waals surface area contributed by atoms with Gasteiger partial charge in [-0.05, 0) is 24.7 Å². The summed E-state index contributed by atoms with van der Waals surface area (Å²) in [5.41, 5.74) is 2.44. The van der Waals surface area contributed by atoms with E-state index in [2.05, 4.69) is 24.6 Å². The van der Waals surface area contributed by atoms with E-state index in [1.54, 1.807) is 0 Å². The minimum Gasteiger partial charge on any atom is -0.334 e. The molecule has 4 heteroatoms. The van der Waals surface area contributed by atoms with Crippen LogP contribution >= 0.6 is 0 Å². The van der Waals surface area contributed by atoms with Crippen LogP contribution in [0.3, 0.4) is 0 Å². The van der Waals surface area contributed by atoms with Crippen LogP contribution in [0.1, 0.15) is 39.5 Å². The second-order valence-corrected chi connectivity index (χ2v) is 4.58. The summed E-state index contributed by atoms with van der Waals surface area (Å²) >= 11 is 0. The quantitative estimate of drug-likeness (QED) is 0.325. The highest BCUT2D eigenvalue weighted by atomic mass is 16.2. The van der Waals surface area contributed by atoms with Crippen molar-refractivity contribution in [3.63, 3.8) is 0 Å². The third-order valence-corrected chi connectivity index (χ3v) is 2.67. The zero-order valence-corrected chi connectivity index (χ0v) is 8.39. The van der Waals surface area contributed by atoms with Gasteiger partial charge in [0.15, 0.2) is 0 Å². The van der Waals surface area contributed by atoms with E-state index in [0.717, 1.165) is 12.8 Å². The molecule has 1 rings (SSSR count). The number of nitrogens with one attached hydrogen (secondary N) is 2. The van der Waals surface area contributed by atoms with Crippen molar-refractivity contribution in [2.24, 2.45) is 11.3 Å². The Morgan fingerprint density at radius 2 is 2.23 bits per heavy atom. The zero-order valence-electron chi connectivity index (χ0n) is 8.39. The molecule has 0 spiro atoms. The second kappa shape index (κ2) is 3.96. The number of carbonyl (C=O) groups excluding carboxylic acids is 1. The SMILES string of the molecule is CC1(C)CCCC(NC(=O)NN)C1. The molecule has 0 saturated heterocycles. The molecule has 0 heterocycles. The molecule has 1 unspecified atom stereocenters. The fourth-order valence-corrected chi connectivity index (χ4v) is 2.05. The van der Waals surface area contributed by atoms with E-state index >= 15 is 0 Å². The fourth-order valence-electron chi connectivity index (χ4n) is 2.05. The topological polar surface area (TPSA) is 67.2 Å². The minimum atomic E-state index is -0.275. The van der Waals surface area contributed by atoms with E-state index in [0.29, 0.717) is 5.41 Å². The first-order valence-corrected chi connectivity index (χ1v) is 4.81. The van der Waals surface area contributed by atoms with Gasteiger partial charge < -0.3 is 5.32 Å². The summed E-state index contributed by atoms with van der Waals surface area (Å²) in [6.45, 7) is 4.47. The Labute approximate surface area is 79.2 Å². The van der Waals surface area contributed by atoms with Gasteiger partial charge in [0.1, 0.15) is 0 Å². The van der Waals surface area contributed by atoms with E-state index in [1.165, 1.54) is 12.8 Å². The van der Waals surface area contributed by atoms with Crippen molar-refractivity contribution >= 4 is 6.03 Å². The molecule has 1 aliphatic rings. The van der Waals surface area contributed by atoms with E-state index in [9.17, 15) is 4.79 Å². The maximum Gasteiger partial charge on any atom is 0.329 e. The average molecular weight is 185 g/mol. The minimum absolute atomic E-state index is 0.275. The van der Waals surface area contributed by atoms with Crippen LogP contribution in [0.4, 0.5) is 4.79 Å². The predicted molar refractivity (Wildman–Crippen MR) is 51.9 cm³/mol. The lowest BCUT2D eigenvalue weighted by atomic mass is 9.75. The van der Waals surface area contributed by atoms with Crippen LogP contribution in [0.15, 0.2) is 0 Å². The molecule has 0 bridgehead atoms. The van der Waals surface area contributed by atoms with Gasteiger partial charge in [0.2, 0.25) is 0 Å². The molecule has 0 radical (unpaired) electrons. The number of hydrogen-bond donors (Lipinski definition) is 3. The first-order chi connectivity index (χ1) is 6.03. The third kappa shape index (κ3) is 3.22. The van der Waals surface area contributed by atoms with E-state index in [4.69, 9.17) is 5.84 Å². The van der Waals surface area contributed by atoms with Crippen molar-refractivity contribution in [1.29, 1.82) is 0 Å². The van der Waals surface area contributed by atoms with Crippen LogP contribution in [0.25, 0.3) is 0 Å². The second-order valence-electron chi connectivity index (χ2n) is 4.58. The van der Waals surface area contributed by atoms with Crippen molar-refractivity contribution in [1.82, 2.24) is 10.7 Å². The van der Waals surface area contributed by atoms with E-state index in [1.807, 2.05) is 0 Å². The first-order valence-electron chi connectivity index (χ1n) is 4.81. The summed E-state index contributed by atoms with van der Waals surface area (Å²) in [6, 6.07) is 0.00926. The lowest BCUT2D eigenvalue weighted by Crippen LogP contribution is -2.47. The largest absolute Gasteiger partial charge is 0.334 e. The van der Waals surface area contributed by atoms with Crippen LogP contribution in [0.5, 0.6) is 0 Å². The van der Waals surface area contributed by atoms with E-state index in [-0.39, 0.29) is 12.1 Å². The van der Waals surface area contributed by atoms with Gasteiger partial charge in [-0.1, -0.05) is 20.3 Å². The molecule has 0 aromatic rings. The van der Waals surface area contributed by atoms with Gasteiger partial charge in [-0.2, -0.15) is 0 Å². The summed E-state index contributed by atoms with van der Waals surface area (Å²) in [5, 5.41) is 2.85. The molecule has 76 valence electrons. The monoisotopic (exact) mass is 185 g/mol. The van der Waals surface area contributed by atoms with Gasteiger partial charge in [0.25, 0.3) is 0 Å². The first kappa shape index (κ1) is 10.3. The number of carbonyl (C=O) groups is 1. The number of nitrogens with two attached hydrogens (primary N) is 1. The number of urea groups is 1. The van der Waals surface area contributed by atoms with Gasteiger partial charge in [-0.3, -0.25) is 5.43 Å². The van der Waals surface area contributed by atoms with E-state index < -0.39 is 0 Å². The molecule has 0 aliphatic heterocycles. The summed E-state index contributed by atoms with van der Waals surface area (Å²) < 4.78 is 0. The highest BCUT2D eigenvalue weighted by Gasteiger charge is 2.28. The summed E-state index contributed by atoms with van der Waals surface area (Å²) in [7, 11) is 0. The van der Waals surface area contributed by atoms with Crippen LogP contribution < -0.4 is 16.6 Å². The number of hydrazine groups is 1. The molecular weight excluding hydrogens is 166 g/mol. The molecule has 1 saturated carbocycles. The molecule has 4 N–H and O–H groups in total. The molecule has 0 aromatic heterocycles. The molecule has 1 atom stereocenters. The lowest BCUT2D eigenvalue weighted by Gasteiger charge is -2.35. The van der Waals surface area contributed by atoms with Crippen LogP contribution in [-0.4, -0.2) is 12.1 Å². The van der Waals surface area contributed by atoms with Gasteiger partial charge in [0.05, 0.1) is 0 Å². The molecule has 1 fully saturated rings. The van der Waals surface area contributed by atoms with Crippen LogP contribution in [0.2, 0.25) is 0 Å². The Hall–Kier alpha value is -0.770. The standard InChI is InChI=1S/C9H19N3O/c1-9(2)5-3-4-7(6-9)11-8(13)12-10/h7H,3-6,10H2,1-2H3,(H2,11,12,13). The van der Waals surface area contributed by atoms with Gasteiger partial charge in [-0.25, -0.2) is 10.6 Å². The van der Waals surface area contributed by atoms with Gasteiger partial charge in [0, 0.05) is 6.04 Å². The summed E-state index contributed by atoms with van der Waals surface area (Å²) in [6.07, 6.45) is 4.54.